The first-order chi connectivity index (χ1) is 7.12. The van der Waals surface area contributed by atoms with Crippen molar-refractivity contribution in [1.82, 2.24) is 10.3 Å². The van der Waals surface area contributed by atoms with Crippen molar-refractivity contribution in [1.29, 1.82) is 0 Å². The fourth-order valence-corrected chi connectivity index (χ4v) is 3.91. The van der Waals surface area contributed by atoms with Crippen molar-refractivity contribution in [3.63, 3.8) is 0 Å². The number of nitrogens with zero attached hydrogens (tertiary/aromatic N) is 1. The minimum absolute atomic E-state index is 0.121. The molecule has 0 radical (unpaired) electrons. The van der Waals surface area contributed by atoms with Gasteiger partial charge in [0, 0.05) is 11.6 Å². The van der Waals surface area contributed by atoms with Crippen molar-refractivity contribution < 1.29 is 0 Å². The largest absolute Gasteiger partial charge is 0.305 e. The SMILES string of the molecule is CCNC1(c2nccs2)CCCC1(C)C. The van der Waals surface area contributed by atoms with Gasteiger partial charge in [-0.2, -0.15) is 0 Å². The molecule has 0 spiro atoms. The molecule has 0 saturated heterocycles. The zero-order chi connectivity index (χ0) is 10.9. The Morgan fingerprint density at radius 1 is 1.47 bits per heavy atom. The molecule has 0 aromatic carbocycles. The number of nitrogens with one attached hydrogen (secondary N) is 1. The fraction of sp³-hybridized carbons (Fsp3) is 0.750. The highest BCUT2D eigenvalue weighted by Crippen LogP contribution is 2.52. The quantitative estimate of drug-likeness (QED) is 0.853. The Labute approximate surface area is 96.1 Å². The lowest BCUT2D eigenvalue weighted by Gasteiger charge is -2.40. The van der Waals surface area contributed by atoms with Crippen LogP contribution in [0.4, 0.5) is 0 Å². The van der Waals surface area contributed by atoms with E-state index < -0.39 is 0 Å². The van der Waals surface area contributed by atoms with Crippen LogP contribution in [0.5, 0.6) is 0 Å². The maximum Gasteiger partial charge on any atom is 0.113 e. The van der Waals surface area contributed by atoms with Crippen molar-refractivity contribution >= 4 is 11.3 Å². The molecule has 0 aliphatic heterocycles. The molecule has 1 aliphatic rings. The molecule has 1 heterocycles. The van der Waals surface area contributed by atoms with Crippen molar-refractivity contribution in [3.8, 4) is 0 Å². The van der Waals surface area contributed by atoms with E-state index in [1.165, 1.54) is 24.3 Å². The first-order valence-electron chi connectivity index (χ1n) is 5.77. The maximum absolute atomic E-state index is 4.54. The number of thiazole rings is 1. The first kappa shape index (κ1) is 11.1. The average Bonchev–Trinajstić information content (AvgIpc) is 2.75. The Morgan fingerprint density at radius 3 is 2.73 bits per heavy atom. The summed E-state index contributed by atoms with van der Waals surface area (Å²) in [7, 11) is 0. The van der Waals surface area contributed by atoms with E-state index in [0.717, 1.165) is 6.54 Å². The summed E-state index contributed by atoms with van der Waals surface area (Å²) in [6, 6.07) is 0. The topological polar surface area (TPSA) is 24.9 Å². The van der Waals surface area contributed by atoms with Crippen LogP contribution in [0.3, 0.4) is 0 Å². The van der Waals surface area contributed by atoms with Crippen LogP contribution in [0.15, 0.2) is 11.6 Å². The van der Waals surface area contributed by atoms with Crippen LogP contribution in [0.1, 0.15) is 45.0 Å². The summed E-state index contributed by atoms with van der Waals surface area (Å²) in [5, 5.41) is 7.05. The monoisotopic (exact) mass is 224 g/mol. The van der Waals surface area contributed by atoms with Crippen molar-refractivity contribution in [2.45, 2.75) is 45.6 Å². The lowest BCUT2D eigenvalue weighted by atomic mass is 9.75. The molecule has 2 nitrogen and oxygen atoms in total. The Balaban J connectivity index is 2.41. The van der Waals surface area contributed by atoms with Crippen LogP contribution in [-0.2, 0) is 5.54 Å². The third-order valence-electron chi connectivity index (χ3n) is 3.78. The molecular formula is C12H20N2S. The first-order valence-corrected chi connectivity index (χ1v) is 6.65. The molecule has 1 saturated carbocycles. The number of aromatic nitrogens is 1. The lowest BCUT2D eigenvalue weighted by molar-refractivity contribution is 0.159. The van der Waals surface area contributed by atoms with E-state index in [1.807, 2.05) is 6.20 Å². The molecule has 3 heteroatoms. The molecule has 1 fully saturated rings. The van der Waals surface area contributed by atoms with Gasteiger partial charge in [0.25, 0.3) is 0 Å². The highest BCUT2D eigenvalue weighted by Gasteiger charge is 2.50. The molecule has 1 aromatic heterocycles. The van der Waals surface area contributed by atoms with E-state index in [4.69, 9.17) is 0 Å². The third-order valence-corrected chi connectivity index (χ3v) is 4.72. The van der Waals surface area contributed by atoms with Gasteiger partial charge in [0.2, 0.25) is 0 Å². The Hall–Kier alpha value is -0.410. The van der Waals surface area contributed by atoms with Gasteiger partial charge in [-0.25, -0.2) is 4.98 Å². The zero-order valence-electron chi connectivity index (χ0n) is 9.84. The Bertz CT molecular complexity index is 318. The predicted octanol–water partition coefficient (Wildman–Crippen LogP) is 3.16. The van der Waals surface area contributed by atoms with Crippen LogP contribution in [0.2, 0.25) is 0 Å². The van der Waals surface area contributed by atoms with E-state index in [2.05, 4.69) is 36.5 Å². The normalized spacial score (nSPS) is 29.5. The molecule has 0 amide bonds. The smallest absolute Gasteiger partial charge is 0.113 e. The Kier molecular flexibility index (Phi) is 2.86. The van der Waals surface area contributed by atoms with Gasteiger partial charge in [0.1, 0.15) is 5.01 Å². The second-order valence-electron chi connectivity index (χ2n) is 5.01. The molecule has 1 aromatic rings. The zero-order valence-corrected chi connectivity index (χ0v) is 10.7. The lowest BCUT2D eigenvalue weighted by Crippen LogP contribution is -2.49. The molecular weight excluding hydrogens is 204 g/mol. The van der Waals surface area contributed by atoms with Gasteiger partial charge < -0.3 is 5.32 Å². The molecule has 1 atom stereocenters. The highest BCUT2D eigenvalue weighted by atomic mass is 32.1. The van der Waals surface area contributed by atoms with E-state index >= 15 is 0 Å². The van der Waals surface area contributed by atoms with Gasteiger partial charge in [-0.05, 0) is 24.8 Å². The molecule has 1 N–H and O–H groups in total. The number of rotatable bonds is 3. The number of hydrogen-bond donors (Lipinski definition) is 1. The van der Waals surface area contributed by atoms with Crippen LogP contribution in [-0.4, -0.2) is 11.5 Å². The summed E-state index contributed by atoms with van der Waals surface area (Å²) < 4.78 is 0. The second-order valence-corrected chi connectivity index (χ2v) is 5.90. The maximum atomic E-state index is 4.54. The van der Waals surface area contributed by atoms with Gasteiger partial charge in [0.15, 0.2) is 0 Å². The molecule has 84 valence electrons. The minimum atomic E-state index is 0.121. The molecule has 1 unspecified atom stereocenters. The van der Waals surface area contributed by atoms with E-state index in [9.17, 15) is 0 Å². The summed E-state index contributed by atoms with van der Waals surface area (Å²) >= 11 is 1.79. The minimum Gasteiger partial charge on any atom is -0.305 e. The van der Waals surface area contributed by atoms with Gasteiger partial charge >= 0.3 is 0 Å². The molecule has 0 bridgehead atoms. The van der Waals surface area contributed by atoms with Crippen LogP contribution in [0, 0.1) is 5.41 Å². The van der Waals surface area contributed by atoms with Crippen LogP contribution < -0.4 is 5.32 Å². The van der Waals surface area contributed by atoms with Crippen molar-refractivity contribution in [2.24, 2.45) is 5.41 Å². The summed E-state index contributed by atoms with van der Waals surface area (Å²) in [6.45, 7) is 7.93. The van der Waals surface area contributed by atoms with Gasteiger partial charge in [-0.15, -0.1) is 11.3 Å². The summed E-state index contributed by atoms with van der Waals surface area (Å²) in [5.41, 5.74) is 0.441. The third kappa shape index (κ3) is 1.62. The highest BCUT2D eigenvalue weighted by molar-refractivity contribution is 7.09. The second kappa shape index (κ2) is 3.87. The Morgan fingerprint density at radius 2 is 2.27 bits per heavy atom. The van der Waals surface area contributed by atoms with E-state index in [-0.39, 0.29) is 5.54 Å². The average molecular weight is 224 g/mol. The predicted molar refractivity (Wildman–Crippen MR) is 65.1 cm³/mol. The van der Waals surface area contributed by atoms with Crippen LogP contribution in [0.25, 0.3) is 0 Å². The van der Waals surface area contributed by atoms with E-state index in [1.54, 1.807) is 11.3 Å². The van der Waals surface area contributed by atoms with Gasteiger partial charge in [-0.3, -0.25) is 0 Å². The van der Waals surface area contributed by atoms with Gasteiger partial charge in [0.05, 0.1) is 5.54 Å². The fourth-order valence-electron chi connectivity index (χ4n) is 2.88. The van der Waals surface area contributed by atoms with E-state index in [0.29, 0.717) is 5.41 Å². The molecule has 1 aliphatic carbocycles. The summed E-state index contributed by atoms with van der Waals surface area (Å²) in [5.74, 6) is 0. The van der Waals surface area contributed by atoms with Gasteiger partial charge in [-0.1, -0.05) is 27.2 Å². The summed E-state index contributed by atoms with van der Waals surface area (Å²) in [6.07, 6.45) is 5.74. The van der Waals surface area contributed by atoms with Crippen LogP contribution >= 0.6 is 11.3 Å². The molecule has 15 heavy (non-hydrogen) atoms. The van der Waals surface area contributed by atoms with Crippen molar-refractivity contribution in [2.75, 3.05) is 6.54 Å². The van der Waals surface area contributed by atoms with Crippen molar-refractivity contribution in [3.05, 3.63) is 16.6 Å². The number of hydrogen-bond acceptors (Lipinski definition) is 3. The summed E-state index contributed by atoms with van der Waals surface area (Å²) in [4.78, 5) is 4.54. The standard InChI is InChI=1S/C12H20N2S/c1-4-14-12(10-13-8-9-15-10)7-5-6-11(12,2)3/h8-9,14H,4-7H2,1-3H3. The molecule has 2 rings (SSSR count).